The van der Waals surface area contributed by atoms with Crippen molar-refractivity contribution in [2.75, 3.05) is 12.8 Å². The summed E-state index contributed by atoms with van der Waals surface area (Å²) in [5.74, 6) is 0.175. The van der Waals surface area contributed by atoms with E-state index >= 15 is 0 Å². The van der Waals surface area contributed by atoms with Crippen LogP contribution in [-0.4, -0.2) is 13.0 Å². The third-order valence-electron chi connectivity index (χ3n) is 2.85. The molecule has 0 aliphatic rings. The highest BCUT2D eigenvalue weighted by molar-refractivity contribution is 6.30. The van der Waals surface area contributed by atoms with Crippen molar-refractivity contribution in [3.63, 3.8) is 0 Å². The summed E-state index contributed by atoms with van der Waals surface area (Å²) < 4.78 is 5.16. The average molecular weight is 291 g/mol. The van der Waals surface area contributed by atoms with Gasteiger partial charge in [-0.3, -0.25) is 4.79 Å². The van der Waals surface area contributed by atoms with Crippen LogP contribution in [0.2, 0.25) is 5.02 Å². The van der Waals surface area contributed by atoms with Crippen molar-refractivity contribution in [3.05, 3.63) is 58.6 Å². The van der Waals surface area contributed by atoms with Gasteiger partial charge in [0.2, 0.25) is 0 Å². The number of ether oxygens (including phenoxy) is 1. The van der Waals surface area contributed by atoms with Gasteiger partial charge in [-0.1, -0.05) is 29.8 Å². The third kappa shape index (κ3) is 3.22. The van der Waals surface area contributed by atoms with Crippen molar-refractivity contribution in [2.24, 2.45) is 0 Å². The van der Waals surface area contributed by atoms with Crippen molar-refractivity contribution in [3.8, 4) is 5.75 Å². The number of hydrogen-bond donors (Lipinski definition) is 2. The van der Waals surface area contributed by atoms with Crippen molar-refractivity contribution in [1.82, 2.24) is 5.32 Å². The monoisotopic (exact) mass is 290 g/mol. The van der Waals surface area contributed by atoms with E-state index in [1.807, 2.05) is 12.1 Å². The summed E-state index contributed by atoms with van der Waals surface area (Å²) in [6.07, 6.45) is 0. The lowest BCUT2D eigenvalue weighted by molar-refractivity contribution is 0.0949. The van der Waals surface area contributed by atoms with Gasteiger partial charge < -0.3 is 15.8 Å². The van der Waals surface area contributed by atoms with Gasteiger partial charge in [-0.2, -0.15) is 0 Å². The highest BCUT2D eigenvalue weighted by Gasteiger charge is 2.15. The first-order valence-corrected chi connectivity index (χ1v) is 6.44. The number of benzene rings is 2. The number of nitrogens with one attached hydrogen (secondary N) is 1. The zero-order valence-corrected chi connectivity index (χ0v) is 11.8. The summed E-state index contributed by atoms with van der Waals surface area (Å²) in [5.41, 5.74) is 7.47. The first kappa shape index (κ1) is 14.2. The van der Waals surface area contributed by atoms with Crippen molar-refractivity contribution < 1.29 is 9.53 Å². The first-order chi connectivity index (χ1) is 9.61. The Balaban J connectivity index is 2.13. The number of halogens is 1. The van der Waals surface area contributed by atoms with Crippen LogP contribution in [0.5, 0.6) is 5.75 Å². The smallest absolute Gasteiger partial charge is 0.257 e. The van der Waals surface area contributed by atoms with Crippen LogP contribution in [0.1, 0.15) is 15.9 Å². The van der Waals surface area contributed by atoms with Crippen molar-refractivity contribution in [2.45, 2.75) is 6.54 Å². The molecule has 5 heteroatoms. The Morgan fingerprint density at radius 2 is 2.05 bits per heavy atom. The molecule has 1 amide bonds. The van der Waals surface area contributed by atoms with Gasteiger partial charge in [-0.15, -0.1) is 0 Å². The van der Waals surface area contributed by atoms with Gasteiger partial charge in [0.15, 0.2) is 0 Å². The third-order valence-corrected chi connectivity index (χ3v) is 3.08. The molecule has 4 nitrogen and oxygen atoms in total. The topological polar surface area (TPSA) is 64.3 Å². The van der Waals surface area contributed by atoms with Crippen LogP contribution in [-0.2, 0) is 6.54 Å². The van der Waals surface area contributed by atoms with Gasteiger partial charge in [-0.05, 0) is 29.8 Å². The fraction of sp³-hybridized carbons (Fsp3) is 0.133. The first-order valence-electron chi connectivity index (χ1n) is 6.07. The molecule has 0 bridgehead atoms. The molecule has 104 valence electrons. The van der Waals surface area contributed by atoms with Gasteiger partial charge >= 0.3 is 0 Å². The van der Waals surface area contributed by atoms with Crippen LogP contribution in [0.3, 0.4) is 0 Å². The van der Waals surface area contributed by atoms with Crippen LogP contribution in [0.4, 0.5) is 5.69 Å². The minimum Gasteiger partial charge on any atom is -0.496 e. The Kier molecular flexibility index (Phi) is 4.48. The maximum Gasteiger partial charge on any atom is 0.257 e. The van der Waals surface area contributed by atoms with E-state index in [9.17, 15) is 4.79 Å². The summed E-state index contributed by atoms with van der Waals surface area (Å²) in [7, 11) is 1.50. The van der Waals surface area contributed by atoms with Crippen LogP contribution in [0.15, 0.2) is 42.5 Å². The lowest BCUT2D eigenvalue weighted by atomic mass is 10.1. The second-order valence-electron chi connectivity index (χ2n) is 4.24. The Labute approximate surface area is 122 Å². The van der Waals surface area contributed by atoms with Gasteiger partial charge in [0.25, 0.3) is 5.91 Å². The lowest BCUT2D eigenvalue weighted by Gasteiger charge is -2.11. The lowest BCUT2D eigenvalue weighted by Crippen LogP contribution is -2.24. The summed E-state index contributed by atoms with van der Waals surface area (Å²) in [6.45, 7) is 0.372. The number of anilines is 1. The molecule has 0 atom stereocenters. The molecule has 0 radical (unpaired) electrons. The number of carbonyl (C=O) groups is 1. The molecule has 0 aromatic heterocycles. The maximum atomic E-state index is 12.2. The van der Waals surface area contributed by atoms with Crippen LogP contribution < -0.4 is 15.8 Å². The minimum atomic E-state index is -0.278. The number of hydrogen-bond acceptors (Lipinski definition) is 3. The highest BCUT2D eigenvalue weighted by Crippen LogP contribution is 2.24. The summed E-state index contributed by atoms with van der Waals surface area (Å²) in [4.78, 5) is 12.2. The molecular weight excluding hydrogens is 276 g/mol. The number of amides is 1. The van der Waals surface area contributed by atoms with Crippen molar-refractivity contribution in [1.29, 1.82) is 0 Å². The van der Waals surface area contributed by atoms with Gasteiger partial charge in [0, 0.05) is 17.3 Å². The molecular formula is C15H15ClN2O2. The summed E-state index contributed by atoms with van der Waals surface area (Å²) in [5, 5.41) is 3.43. The van der Waals surface area contributed by atoms with E-state index in [1.165, 1.54) is 7.11 Å². The Morgan fingerprint density at radius 3 is 2.75 bits per heavy atom. The number of methoxy groups -OCH3 is 1. The molecule has 0 aliphatic heterocycles. The zero-order valence-electron chi connectivity index (χ0n) is 11.0. The SMILES string of the molecule is COc1cccc(N)c1C(=O)NCc1cccc(Cl)c1. The van der Waals surface area contributed by atoms with E-state index in [4.69, 9.17) is 22.1 Å². The number of nitrogen functional groups attached to an aromatic ring is 1. The molecule has 2 aromatic rings. The number of rotatable bonds is 4. The molecule has 20 heavy (non-hydrogen) atoms. The molecule has 2 rings (SSSR count). The number of nitrogens with two attached hydrogens (primary N) is 1. The Morgan fingerprint density at radius 1 is 1.30 bits per heavy atom. The van der Waals surface area contributed by atoms with E-state index in [0.717, 1.165) is 5.56 Å². The quantitative estimate of drug-likeness (QED) is 0.851. The highest BCUT2D eigenvalue weighted by atomic mass is 35.5. The largest absolute Gasteiger partial charge is 0.496 e. The second-order valence-corrected chi connectivity index (χ2v) is 4.67. The van der Waals surface area contributed by atoms with Gasteiger partial charge in [0.1, 0.15) is 11.3 Å². The molecule has 3 N–H and O–H groups in total. The van der Waals surface area contributed by atoms with Crippen LogP contribution in [0, 0.1) is 0 Å². The fourth-order valence-corrected chi connectivity index (χ4v) is 2.09. The molecule has 0 fully saturated rings. The standard InChI is InChI=1S/C15H15ClN2O2/c1-20-13-7-3-6-12(17)14(13)15(19)18-9-10-4-2-5-11(16)8-10/h2-8H,9,17H2,1H3,(H,18,19). The predicted molar refractivity (Wildman–Crippen MR) is 80.0 cm³/mol. The predicted octanol–water partition coefficient (Wildman–Crippen LogP) is 2.86. The molecule has 0 saturated carbocycles. The summed E-state index contributed by atoms with van der Waals surface area (Å²) >= 11 is 5.90. The molecule has 2 aromatic carbocycles. The van der Waals surface area contributed by atoms with E-state index in [0.29, 0.717) is 28.6 Å². The molecule has 0 spiro atoms. The van der Waals surface area contributed by atoms with E-state index in [1.54, 1.807) is 30.3 Å². The van der Waals surface area contributed by atoms with E-state index in [2.05, 4.69) is 5.32 Å². The Hall–Kier alpha value is -2.20. The normalized spacial score (nSPS) is 10.1. The van der Waals surface area contributed by atoms with Crippen molar-refractivity contribution >= 4 is 23.2 Å². The summed E-state index contributed by atoms with van der Waals surface area (Å²) in [6, 6.07) is 12.4. The zero-order chi connectivity index (χ0) is 14.5. The maximum absolute atomic E-state index is 12.2. The average Bonchev–Trinajstić information content (AvgIpc) is 2.44. The molecule has 0 unspecified atom stereocenters. The fourth-order valence-electron chi connectivity index (χ4n) is 1.88. The van der Waals surface area contributed by atoms with Crippen LogP contribution in [0.25, 0.3) is 0 Å². The van der Waals surface area contributed by atoms with E-state index in [-0.39, 0.29) is 5.91 Å². The molecule has 0 heterocycles. The second kappa shape index (κ2) is 6.30. The number of carbonyl (C=O) groups excluding carboxylic acids is 1. The Bertz CT molecular complexity index is 629. The van der Waals surface area contributed by atoms with E-state index < -0.39 is 0 Å². The molecule has 0 aliphatic carbocycles. The molecule has 0 saturated heterocycles. The van der Waals surface area contributed by atoms with Gasteiger partial charge in [-0.25, -0.2) is 0 Å². The van der Waals surface area contributed by atoms with Crippen LogP contribution >= 0.6 is 11.6 Å². The minimum absolute atomic E-state index is 0.278. The van der Waals surface area contributed by atoms with Gasteiger partial charge in [0.05, 0.1) is 7.11 Å².